The van der Waals surface area contributed by atoms with Crippen LogP contribution in [0.5, 0.6) is 0 Å². The molecule has 1 rings (SSSR count). The Morgan fingerprint density at radius 2 is 1.73 bits per heavy atom. The number of halogens is 2. The molecule has 0 fully saturated rings. The summed E-state index contributed by atoms with van der Waals surface area (Å²) in [4.78, 5) is 21.0. The molecule has 4 nitrogen and oxygen atoms in total. The van der Waals surface area contributed by atoms with Crippen LogP contribution < -0.4 is 0 Å². The van der Waals surface area contributed by atoms with Crippen molar-refractivity contribution in [3.05, 3.63) is 34.4 Å². The van der Waals surface area contributed by atoms with E-state index < -0.39 is 40.3 Å². The topological polar surface area (TPSA) is 74.6 Å². The Hall–Kier alpha value is -1.98. The molecule has 0 atom stereocenters. The van der Waals surface area contributed by atoms with Gasteiger partial charge in [-0.2, -0.15) is 0 Å². The second-order valence-corrected chi connectivity index (χ2v) is 2.83. The lowest BCUT2D eigenvalue weighted by Gasteiger charge is -2.06. The Bertz CT molecular complexity index is 454. The van der Waals surface area contributed by atoms with E-state index in [0.29, 0.717) is 6.07 Å². The number of hydrogen-bond donors (Lipinski definition) is 2. The molecule has 0 radical (unpaired) electrons. The van der Waals surface area contributed by atoms with E-state index in [1.807, 2.05) is 0 Å². The van der Waals surface area contributed by atoms with Crippen LogP contribution in [0.3, 0.4) is 0 Å². The van der Waals surface area contributed by atoms with Crippen LogP contribution in [-0.4, -0.2) is 22.2 Å². The summed E-state index contributed by atoms with van der Waals surface area (Å²) in [7, 11) is 0. The molecule has 1 aromatic rings. The fourth-order valence-corrected chi connectivity index (χ4v) is 1.14. The van der Waals surface area contributed by atoms with Crippen molar-refractivity contribution in [1.29, 1.82) is 0 Å². The molecule has 0 heterocycles. The average molecular weight is 216 g/mol. The van der Waals surface area contributed by atoms with Crippen molar-refractivity contribution < 1.29 is 28.6 Å². The van der Waals surface area contributed by atoms with Gasteiger partial charge in [-0.3, -0.25) is 0 Å². The second-order valence-electron chi connectivity index (χ2n) is 2.83. The number of aromatic carboxylic acids is 2. The molecule has 80 valence electrons. The zero-order valence-corrected chi connectivity index (χ0v) is 7.54. The lowest BCUT2D eigenvalue weighted by Crippen LogP contribution is -2.11. The lowest BCUT2D eigenvalue weighted by atomic mass is 10.0. The summed E-state index contributed by atoms with van der Waals surface area (Å²) >= 11 is 0. The number of carboxylic acids is 2. The van der Waals surface area contributed by atoms with Crippen molar-refractivity contribution in [2.24, 2.45) is 0 Å². The molecule has 0 saturated heterocycles. The zero-order valence-electron chi connectivity index (χ0n) is 7.54. The van der Waals surface area contributed by atoms with E-state index in [9.17, 15) is 18.4 Å². The largest absolute Gasteiger partial charge is 0.478 e. The van der Waals surface area contributed by atoms with Crippen LogP contribution in [0, 0.1) is 18.6 Å². The average Bonchev–Trinajstić information content (AvgIpc) is 2.10. The van der Waals surface area contributed by atoms with E-state index in [4.69, 9.17) is 10.2 Å². The first-order valence-electron chi connectivity index (χ1n) is 3.81. The summed E-state index contributed by atoms with van der Waals surface area (Å²) in [6.07, 6.45) is 0. The van der Waals surface area contributed by atoms with E-state index in [1.54, 1.807) is 0 Å². The van der Waals surface area contributed by atoms with E-state index in [1.165, 1.54) is 0 Å². The summed E-state index contributed by atoms with van der Waals surface area (Å²) in [6, 6.07) is 0.490. The van der Waals surface area contributed by atoms with Crippen LogP contribution in [0.25, 0.3) is 0 Å². The molecular formula is C9H6F2O4. The molecule has 0 aliphatic carbocycles. The summed E-state index contributed by atoms with van der Waals surface area (Å²) in [5, 5.41) is 17.0. The highest BCUT2D eigenvalue weighted by molar-refractivity contribution is 5.93. The van der Waals surface area contributed by atoms with Gasteiger partial charge < -0.3 is 10.2 Å². The van der Waals surface area contributed by atoms with Gasteiger partial charge in [-0.1, -0.05) is 0 Å². The quantitative estimate of drug-likeness (QED) is 0.788. The SMILES string of the molecule is Cc1c(C(=O)O)cc(F)c(C(=O)O)c1F. The highest BCUT2D eigenvalue weighted by Gasteiger charge is 2.23. The van der Waals surface area contributed by atoms with E-state index in [0.717, 1.165) is 6.92 Å². The zero-order chi connectivity index (χ0) is 11.7. The van der Waals surface area contributed by atoms with Gasteiger partial charge in [-0.05, 0) is 13.0 Å². The van der Waals surface area contributed by atoms with Gasteiger partial charge >= 0.3 is 11.9 Å². The number of carbonyl (C=O) groups is 2. The van der Waals surface area contributed by atoms with E-state index in [2.05, 4.69) is 0 Å². The van der Waals surface area contributed by atoms with Crippen molar-refractivity contribution in [2.75, 3.05) is 0 Å². The second kappa shape index (κ2) is 3.64. The third kappa shape index (κ3) is 1.78. The van der Waals surface area contributed by atoms with Gasteiger partial charge in [-0.25, -0.2) is 18.4 Å². The minimum atomic E-state index is -1.77. The highest BCUT2D eigenvalue weighted by Crippen LogP contribution is 2.20. The smallest absolute Gasteiger partial charge is 0.341 e. The first-order valence-corrected chi connectivity index (χ1v) is 3.81. The van der Waals surface area contributed by atoms with Crippen molar-refractivity contribution in [3.8, 4) is 0 Å². The summed E-state index contributed by atoms with van der Waals surface area (Å²) < 4.78 is 26.3. The van der Waals surface area contributed by atoms with Crippen molar-refractivity contribution in [1.82, 2.24) is 0 Å². The molecule has 0 bridgehead atoms. The fourth-order valence-electron chi connectivity index (χ4n) is 1.14. The van der Waals surface area contributed by atoms with Crippen molar-refractivity contribution in [2.45, 2.75) is 6.92 Å². The molecule has 0 amide bonds. The van der Waals surface area contributed by atoms with E-state index in [-0.39, 0.29) is 0 Å². The van der Waals surface area contributed by atoms with Gasteiger partial charge in [0.05, 0.1) is 5.56 Å². The molecule has 0 spiro atoms. The van der Waals surface area contributed by atoms with Gasteiger partial charge in [0.15, 0.2) is 0 Å². The summed E-state index contributed by atoms with van der Waals surface area (Å²) in [6.45, 7) is 1.07. The molecule has 1 aromatic carbocycles. The molecule has 0 unspecified atom stereocenters. The first-order chi connectivity index (χ1) is 6.86. The number of benzene rings is 1. The van der Waals surface area contributed by atoms with Crippen LogP contribution in [0.15, 0.2) is 6.07 Å². The number of carboxylic acid groups (broad SMARTS) is 2. The Balaban J connectivity index is 3.58. The van der Waals surface area contributed by atoms with Gasteiger partial charge in [-0.15, -0.1) is 0 Å². The standard InChI is InChI=1S/C9H6F2O4/c1-3-4(8(12)13)2-5(10)6(7(3)11)9(14)15/h2H,1H3,(H,12,13)(H,14,15). The first kappa shape index (κ1) is 11.1. The maximum atomic E-state index is 13.2. The molecule has 2 N–H and O–H groups in total. The fraction of sp³-hybridized carbons (Fsp3) is 0.111. The Kier molecular flexibility index (Phi) is 2.69. The van der Waals surface area contributed by atoms with Gasteiger partial charge in [0.1, 0.15) is 17.2 Å². The Labute approximate surface area is 82.8 Å². The maximum Gasteiger partial charge on any atom is 0.341 e. The molecular weight excluding hydrogens is 210 g/mol. The number of hydrogen-bond acceptors (Lipinski definition) is 2. The molecule has 15 heavy (non-hydrogen) atoms. The Morgan fingerprint density at radius 3 is 2.13 bits per heavy atom. The predicted octanol–water partition coefficient (Wildman–Crippen LogP) is 1.67. The van der Waals surface area contributed by atoms with Crippen molar-refractivity contribution >= 4 is 11.9 Å². The third-order valence-electron chi connectivity index (χ3n) is 1.91. The van der Waals surface area contributed by atoms with Crippen LogP contribution in [0.1, 0.15) is 26.3 Å². The summed E-state index contributed by atoms with van der Waals surface area (Å²) in [5.74, 6) is -6.05. The van der Waals surface area contributed by atoms with Gasteiger partial charge in [0.2, 0.25) is 0 Å². The molecule has 0 saturated carbocycles. The Morgan fingerprint density at radius 1 is 1.20 bits per heavy atom. The van der Waals surface area contributed by atoms with Gasteiger partial charge in [0, 0.05) is 5.56 Å². The predicted molar refractivity (Wildman–Crippen MR) is 45.0 cm³/mol. The van der Waals surface area contributed by atoms with Crippen LogP contribution in [-0.2, 0) is 0 Å². The number of rotatable bonds is 2. The minimum Gasteiger partial charge on any atom is -0.478 e. The minimum absolute atomic E-state index is 0.402. The summed E-state index contributed by atoms with van der Waals surface area (Å²) in [5.41, 5.74) is -2.13. The molecule has 0 aliphatic heterocycles. The van der Waals surface area contributed by atoms with E-state index >= 15 is 0 Å². The molecule has 6 heteroatoms. The van der Waals surface area contributed by atoms with Crippen LogP contribution >= 0.6 is 0 Å². The van der Waals surface area contributed by atoms with Crippen LogP contribution in [0.2, 0.25) is 0 Å². The lowest BCUT2D eigenvalue weighted by molar-refractivity contribution is 0.0670. The maximum absolute atomic E-state index is 13.2. The normalized spacial score (nSPS) is 10.1. The van der Waals surface area contributed by atoms with Crippen LogP contribution in [0.4, 0.5) is 8.78 Å². The van der Waals surface area contributed by atoms with Gasteiger partial charge in [0.25, 0.3) is 0 Å². The van der Waals surface area contributed by atoms with Crippen molar-refractivity contribution in [3.63, 3.8) is 0 Å². The highest BCUT2D eigenvalue weighted by atomic mass is 19.1. The monoisotopic (exact) mass is 216 g/mol. The molecule has 0 aliphatic rings. The third-order valence-corrected chi connectivity index (χ3v) is 1.91. The molecule has 0 aromatic heterocycles.